The molecule has 0 aliphatic rings. The molecule has 0 aliphatic heterocycles. The number of rotatable bonds is 4. The summed E-state index contributed by atoms with van der Waals surface area (Å²) in [5, 5.41) is 19.3. The van der Waals surface area contributed by atoms with Crippen LogP contribution in [0.2, 0.25) is 0 Å². The first-order valence-electron chi connectivity index (χ1n) is 7.04. The molecule has 1 atom stereocenters. The number of aromatic nitrogens is 2. The van der Waals surface area contributed by atoms with Crippen LogP contribution in [-0.2, 0) is 0 Å². The van der Waals surface area contributed by atoms with Gasteiger partial charge in [0.05, 0.1) is 23.6 Å². The number of H-pyrrole nitrogens is 1. The van der Waals surface area contributed by atoms with E-state index in [0.717, 1.165) is 0 Å². The minimum atomic E-state index is -0.655. The Bertz CT molecular complexity index is 644. The molecular weight excluding hydrogens is 285 g/mol. The van der Waals surface area contributed by atoms with E-state index in [0.29, 0.717) is 16.8 Å². The van der Waals surface area contributed by atoms with Crippen LogP contribution in [0.1, 0.15) is 31.1 Å². The van der Waals surface area contributed by atoms with Crippen LogP contribution in [0.4, 0.5) is 4.39 Å². The molecule has 22 heavy (non-hydrogen) atoms. The number of halogens is 1. The Kier molecular flexibility index (Phi) is 4.61. The number of amides is 1. The Morgan fingerprint density at radius 3 is 2.59 bits per heavy atom. The van der Waals surface area contributed by atoms with Crippen LogP contribution >= 0.6 is 0 Å². The first-order valence-corrected chi connectivity index (χ1v) is 7.04. The van der Waals surface area contributed by atoms with E-state index in [4.69, 9.17) is 0 Å². The average molecular weight is 305 g/mol. The lowest BCUT2D eigenvalue weighted by molar-refractivity contribution is 0.0587. The summed E-state index contributed by atoms with van der Waals surface area (Å²) in [6.45, 7) is 5.83. The highest BCUT2D eigenvalue weighted by Crippen LogP contribution is 2.22. The minimum Gasteiger partial charge on any atom is -0.391 e. The van der Waals surface area contributed by atoms with E-state index in [1.54, 1.807) is 12.1 Å². The van der Waals surface area contributed by atoms with E-state index in [-0.39, 0.29) is 23.7 Å². The Morgan fingerprint density at radius 1 is 1.36 bits per heavy atom. The van der Waals surface area contributed by atoms with Crippen LogP contribution in [0.15, 0.2) is 30.5 Å². The largest absolute Gasteiger partial charge is 0.391 e. The maximum atomic E-state index is 13.0. The third kappa shape index (κ3) is 3.71. The fourth-order valence-electron chi connectivity index (χ4n) is 1.89. The molecule has 5 nitrogen and oxygen atoms in total. The van der Waals surface area contributed by atoms with E-state index in [2.05, 4.69) is 15.5 Å². The van der Waals surface area contributed by atoms with Crippen molar-refractivity contribution in [2.24, 2.45) is 5.41 Å². The summed E-state index contributed by atoms with van der Waals surface area (Å²) in [4.78, 5) is 12.2. The van der Waals surface area contributed by atoms with Crippen molar-refractivity contribution in [2.45, 2.75) is 26.9 Å². The van der Waals surface area contributed by atoms with Crippen molar-refractivity contribution >= 4 is 5.91 Å². The molecule has 1 amide bonds. The second-order valence-corrected chi connectivity index (χ2v) is 6.26. The van der Waals surface area contributed by atoms with Gasteiger partial charge in [-0.3, -0.25) is 9.89 Å². The van der Waals surface area contributed by atoms with E-state index in [1.807, 2.05) is 20.8 Å². The summed E-state index contributed by atoms with van der Waals surface area (Å²) < 4.78 is 13.0. The summed E-state index contributed by atoms with van der Waals surface area (Å²) in [5.74, 6) is -0.682. The summed E-state index contributed by atoms with van der Waals surface area (Å²) in [6, 6.07) is 5.79. The molecule has 0 aliphatic carbocycles. The molecule has 2 rings (SSSR count). The van der Waals surface area contributed by atoms with Gasteiger partial charge in [0.25, 0.3) is 5.91 Å². The number of hydrogen-bond donors (Lipinski definition) is 3. The normalized spacial score (nSPS) is 13.0. The SMILES string of the molecule is CC(C)(C)C(O)CNC(=O)c1cn[nH]c1-c1ccc(F)cc1. The lowest BCUT2D eigenvalue weighted by Crippen LogP contribution is -2.39. The lowest BCUT2D eigenvalue weighted by Gasteiger charge is -2.25. The molecule has 0 fully saturated rings. The molecule has 2 aromatic rings. The zero-order chi connectivity index (χ0) is 16.3. The third-order valence-electron chi connectivity index (χ3n) is 3.47. The molecule has 1 heterocycles. The van der Waals surface area contributed by atoms with Gasteiger partial charge in [0.15, 0.2) is 0 Å². The van der Waals surface area contributed by atoms with E-state index < -0.39 is 6.10 Å². The van der Waals surface area contributed by atoms with Gasteiger partial charge in [0.2, 0.25) is 0 Å². The zero-order valence-electron chi connectivity index (χ0n) is 12.9. The van der Waals surface area contributed by atoms with Crippen LogP contribution in [-0.4, -0.2) is 33.9 Å². The summed E-state index contributed by atoms with van der Waals surface area (Å²) >= 11 is 0. The number of aliphatic hydroxyl groups is 1. The predicted octanol–water partition coefficient (Wildman–Crippen LogP) is 2.35. The maximum absolute atomic E-state index is 13.0. The number of hydrogen-bond acceptors (Lipinski definition) is 3. The highest BCUT2D eigenvalue weighted by Gasteiger charge is 2.23. The van der Waals surface area contributed by atoms with Crippen molar-refractivity contribution in [3.63, 3.8) is 0 Å². The highest BCUT2D eigenvalue weighted by atomic mass is 19.1. The summed E-state index contributed by atoms with van der Waals surface area (Å²) in [6.07, 6.45) is 0.759. The van der Waals surface area contributed by atoms with Crippen LogP contribution in [0, 0.1) is 11.2 Å². The smallest absolute Gasteiger partial charge is 0.255 e. The van der Waals surface area contributed by atoms with Crippen molar-refractivity contribution in [1.29, 1.82) is 0 Å². The topological polar surface area (TPSA) is 78.0 Å². The van der Waals surface area contributed by atoms with Crippen molar-refractivity contribution < 1.29 is 14.3 Å². The Morgan fingerprint density at radius 2 is 2.00 bits per heavy atom. The molecule has 6 heteroatoms. The molecular formula is C16H20FN3O2. The van der Waals surface area contributed by atoms with Gasteiger partial charge in [0, 0.05) is 12.1 Å². The van der Waals surface area contributed by atoms with Crippen LogP contribution < -0.4 is 5.32 Å². The number of carbonyl (C=O) groups is 1. The van der Waals surface area contributed by atoms with Gasteiger partial charge in [-0.2, -0.15) is 5.10 Å². The van der Waals surface area contributed by atoms with Crippen LogP contribution in [0.25, 0.3) is 11.3 Å². The minimum absolute atomic E-state index is 0.149. The monoisotopic (exact) mass is 305 g/mol. The van der Waals surface area contributed by atoms with Gasteiger partial charge in [-0.25, -0.2) is 4.39 Å². The number of aliphatic hydroxyl groups excluding tert-OH is 1. The standard InChI is InChI=1S/C16H20FN3O2/c1-16(2,3)13(21)9-18-15(22)12-8-19-20-14(12)10-4-6-11(17)7-5-10/h4-8,13,21H,9H2,1-3H3,(H,18,22)(H,19,20). The summed E-state index contributed by atoms with van der Waals surface area (Å²) in [7, 11) is 0. The van der Waals surface area contributed by atoms with Gasteiger partial charge in [-0.1, -0.05) is 20.8 Å². The molecule has 0 saturated carbocycles. The number of benzene rings is 1. The van der Waals surface area contributed by atoms with Gasteiger partial charge >= 0.3 is 0 Å². The van der Waals surface area contributed by atoms with Crippen LogP contribution in [0.3, 0.4) is 0 Å². The molecule has 3 N–H and O–H groups in total. The third-order valence-corrected chi connectivity index (χ3v) is 3.47. The average Bonchev–Trinajstić information content (AvgIpc) is 2.93. The number of aromatic amines is 1. The van der Waals surface area contributed by atoms with E-state index in [1.165, 1.54) is 18.3 Å². The zero-order valence-corrected chi connectivity index (χ0v) is 12.9. The van der Waals surface area contributed by atoms with Gasteiger partial charge in [0.1, 0.15) is 5.82 Å². The molecule has 1 aromatic heterocycles. The van der Waals surface area contributed by atoms with Crippen molar-refractivity contribution in [1.82, 2.24) is 15.5 Å². The Hall–Kier alpha value is -2.21. The molecule has 118 valence electrons. The first-order chi connectivity index (χ1) is 10.3. The number of nitrogens with one attached hydrogen (secondary N) is 2. The van der Waals surface area contributed by atoms with Crippen LogP contribution in [0.5, 0.6) is 0 Å². The number of nitrogens with zero attached hydrogens (tertiary/aromatic N) is 1. The van der Waals surface area contributed by atoms with Gasteiger partial charge < -0.3 is 10.4 Å². The second kappa shape index (κ2) is 6.27. The van der Waals surface area contributed by atoms with E-state index in [9.17, 15) is 14.3 Å². The summed E-state index contributed by atoms with van der Waals surface area (Å²) in [5.41, 5.74) is 1.22. The van der Waals surface area contributed by atoms with Crippen molar-refractivity contribution in [2.75, 3.05) is 6.54 Å². The predicted molar refractivity (Wildman–Crippen MR) is 81.8 cm³/mol. The van der Waals surface area contributed by atoms with Gasteiger partial charge in [-0.15, -0.1) is 0 Å². The second-order valence-electron chi connectivity index (χ2n) is 6.26. The molecule has 0 saturated heterocycles. The molecule has 1 aromatic carbocycles. The highest BCUT2D eigenvalue weighted by molar-refractivity contribution is 5.99. The van der Waals surface area contributed by atoms with Crippen molar-refractivity contribution in [3.05, 3.63) is 41.8 Å². The Labute approximate surface area is 128 Å². The fourth-order valence-corrected chi connectivity index (χ4v) is 1.89. The lowest BCUT2D eigenvalue weighted by atomic mass is 9.89. The first kappa shape index (κ1) is 16.2. The molecule has 0 bridgehead atoms. The van der Waals surface area contributed by atoms with Gasteiger partial charge in [-0.05, 0) is 29.7 Å². The molecule has 1 unspecified atom stereocenters. The Balaban J connectivity index is 2.12. The molecule has 0 spiro atoms. The van der Waals surface area contributed by atoms with E-state index >= 15 is 0 Å². The quantitative estimate of drug-likeness (QED) is 0.811. The maximum Gasteiger partial charge on any atom is 0.255 e. The fraction of sp³-hybridized carbons (Fsp3) is 0.375. The van der Waals surface area contributed by atoms with Crippen molar-refractivity contribution in [3.8, 4) is 11.3 Å². The molecule has 0 radical (unpaired) electrons. The number of carbonyl (C=O) groups excluding carboxylic acids is 1.